The molecule has 0 spiro atoms. The van der Waals surface area contributed by atoms with Gasteiger partial charge in [-0.2, -0.15) is 0 Å². The number of aliphatic imine (C=N–C) groups is 1. The lowest BCUT2D eigenvalue weighted by Crippen LogP contribution is -2.54. The molecule has 3 rings (SSSR count). The van der Waals surface area contributed by atoms with Gasteiger partial charge in [0.2, 0.25) is 5.91 Å². The van der Waals surface area contributed by atoms with Crippen molar-refractivity contribution in [2.24, 2.45) is 4.99 Å². The lowest BCUT2D eigenvalue weighted by atomic mass is 10.1. The van der Waals surface area contributed by atoms with Gasteiger partial charge in [-0.1, -0.05) is 12.1 Å². The molecule has 1 aromatic carbocycles. The predicted octanol–water partition coefficient (Wildman–Crippen LogP) is 1.40. The number of nitrogens with one attached hydrogen (secondary N) is 2. The molecule has 0 saturated carbocycles. The fourth-order valence-corrected chi connectivity index (χ4v) is 4.06. The zero-order chi connectivity index (χ0) is 23.1. The van der Waals surface area contributed by atoms with Crippen LogP contribution in [0, 0.1) is 0 Å². The minimum absolute atomic E-state index is 0. The molecule has 33 heavy (non-hydrogen) atoms. The van der Waals surface area contributed by atoms with E-state index in [0.29, 0.717) is 30.8 Å². The Hall–Kier alpha value is -2.21. The van der Waals surface area contributed by atoms with Gasteiger partial charge in [0, 0.05) is 52.4 Å². The summed E-state index contributed by atoms with van der Waals surface area (Å²) in [5.41, 5.74) is 0.994. The quantitative estimate of drug-likeness (QED) is 0.161. The Kier molecular flexibility index (Phi) is 10.6. The Labute approximate surface area is 213 Å². The molecule has 182 valence electrons. The van der Waals surface area contributed by atoms with E-state index in [1.54, 1.807) is 31.3 Å². The maximum absolute atomic E-state index is 12.4. The molecule has 0 aliphatic carbocycles. The number of fused-ring (bicyclic) bond motifs is 1. The van der Waals surface area contributed by atoms with Crippen LogP contribution < -0.4 is 10.6 Å². The van der Waals surface area contributed by atoms with Gasteiger partial charge in [-0.05, 0) is 38.8 Å². The van der Waals surface area contributed by atoms with Crippen molar-refractivity contribution in [3.63, 3.8) is 0 Å². The standard InChI is InChI=1S/C23H34N6O3.HI/c1-17(2)26-20(30)16-27-12-14-28(15-13-27)23(24-3)25-10-6-7-11-29-21(31)18-8-4-5-9-19(18)22(29)32;/h4-5,8-9,17H,6-7,10-16H2,1-3H3,(H,24,25)(H,26,30);1H. The minimum atomic E-state index is -0.200. The second-order valence-electron chi connectivity index (χ2n) is 8.47. The maximum Gasteiger partial charge on any atom is 0.261 e. The van der Waals surface area contributed by atoms with E-state index in [0.717, 1.165) is 45.0 Å². The number of unbranched alkanes of at least 4 members (excludes halogenated alkanes) is 1. The molecule has 0 unspecified atom stereocenters. The second kappa shape index (κ2) is 12.9. The van der Waals surface area contributed by atoms with Gasteiger partial charge in [-0.25, -0.2) is 0 Å². The van der Waals surface area contributed by atoms with E-state index in [9.17, 15) is 14.4 Å². The van der Waals surface area contributed by atoms with Gasteiger partial charge in [0.25, 0.3) is 11.8 Å². The van der Waals surface area contributed by atoms with Crippen LogP contribution in [0.1, 0.15) is 47.4 Å². The minimum Gasteiger partial charge on any atom is -0.356 e. The van der Waals surface area contributed by atoms with E-state index >= 15 is 0 Å². The Morgan fingerprint density at radius 1 is 1.03 bits per heavy atom. The first-order valence-electron chi connectivity index (χ1n) is 11.3. The monoisotopic (exact) mass is 570 g/mol. The van der Waals surface area contributed by atoms with Gasteiger partial charge in [-0.3, -0.25) is 29.2 Å². The molecule has 0 atom stereocenters. The number of hydrogen-bond donors (Lipinski definition) is 2. The largest absolute Gasteiger partial charge is 0.356 e. The number of rotatable bonds is 8. The molecule has 0 aromatic heterocycles. The molecule has 1 saturated heterocycles. The highest BCUT2D eigenvalue weighted by molar-refractivity contribution is 14.0. The zero-order valence-electron chi connectivity index (χ0n) is 19.7. The molecule has 3 amide bonds. The van der Waals surface area contributed by atoms with Gasteiger partial charge in [-0.15, -0.1) is 24.0 Å². The van der Waals surface area contributed by atoms with Crippen molar-refractivity contribution in [2.45, 2.75) is 32.7 Å². The van der Waals surface area contributed by atoms with Crippen LogP contribution in [0.4, 0.5) is 0 Å². The molecule has 0 radical (unpaired) electrons. The van der Waals surface area contributed by atoms with Gasteiger partial charge >= 0.3 is 0 Å². The van der Waals surface area contributed by atoms with Gasteiger partial charge in [0.05, 0.1) is 17.7 Å². The molecular weight excluding hydrogens is 535 g/mol. The number of imide groups is 1. The summed E-state index contributed by atoms with van der Waals surface area (Å²) in [5, 5.41) is 6.31. The number of nitrogens with zero attached hydrogens (tertiary/aromatic N) is 4. The first-order valence-corrected chi connectivity index (χ1v) is 11.3. The van der Waals surface area contributed by atoms with Crippen LogP contribution in [-0.4, -0.2) is 97.3 Å². The lowest BCUT2D eigenvalue weighted by Gasteiger charge is -2.36. The number of benzene rings is 1. The summed E-state index contributed by atoms with van der Waals surface area (Å²) in [7, 11) is 1.77. The Bertz CT molecular complexity index is 833. The van der Waals surface area contributed by atoms with Crippen LogP contribution in [0.25, 0.3) is 0 Å². The third-order valence-electron chi connectivity index (χ3n) is 5.67. The fourth-order valence-electron chi connectivity index (χ4n) is 4.06. The molecule has 0 bridgehead atoms. The highest BCUT2D eigenvalue weighted by Crippen LogP contribution is 2.22. The Morgan fingerprint density at radius 2 is 1.64 bits per heavy atom. The summed E-state index contributed by atoms with van der Waals surface area (Å²) in [6.45, 7) is 8.73. The Balaban J connectivity index is 0.00000385. The summed E-state index contributed by atoms with van der Waals surface area (Å²) in [6.07, 6.45) is 1.55. The number of halogens is 1. The van der Waals surface area contributed by atoms with Crippen molar-refractivity contribution in [1.29, 1.82) is 0 Å². The number of carbonyl (C=O) groups is 3. The SMILES string of the molecule is CN=C(NCCCCN1C(=O)c2ccccc2C1=O)N1CCN(CC(=O)NC(C)C)CC1.I. The number of hydrogen-bond acceptors (Lipinski definition) is 5. The molecule has 2 aliphatic rings. The third kappa shape index (κ3) is 7.13. The predicted molar refractivity (Wildman–Crippen MR) is 139 cm³/mol. The fraction of sp³-hybridized carbons (Fsp3) is 0.565. The van der Waals surface area contributed by atoms with Crippen molar-refractivity contribution in [2.75, 3.05) is 52.9 Å². The van der Waals surface area contributed by atoms with Crippen LogP contribution in [0.3, 0.4) is 0 Å². The van der Waals surface area contributed by atoms with Crippen LogP contribution in [0.2, 0.25) is 0 Å². The van der Waals surface area contributed by atoms with Gasteiger partial charge < -0.3 is 15.5 Å². The smallest absolute Gasteiger partial charge is 0.261 e. The van der Waals surface area contributed by atoms with Crippen LogP contribution >= 0.6 is 24.0 Å². The van der Waals surface area contributed by atoms with E-state index in [1.165, 1.54) is 4.90 Å². The Morgan fingerprint density at radius 3 is 2.18 bits per heavy atom. The van der Waals surface area contributed by atoms with Gasteiger partial charge in [0.1, 0.15) is 0 Å². The molecule has 2 N–H and O–H groups in total. The average Bonchev–Trinajstić information content (AvgIpc) is 3.01. The molecule has 2 heterocycles. The van der Waals surface area contributed by atoms with E-state index in [4.69, 9.17) is 0 Å². The molecule has 9 nitrogen and oxygen atoms in total. The molecule has 1 aromatic rings. The lowest BCUT2D eigenvalue weighted by molar-refractivity contribution is -0.123. The van der Waals surface area contributed by atoms with E-state index in [2.05, 4.69) is 25.4 Å². The number of guanidine groups is 1. The van der Waals surface area contributed by atoms with Crippen LogP contribution in [0.5, 0.6) is 0 Å². The number of amides is 3. The third-order valence-corrected chi connectivity index (χ3v) is 5.67. The highest BCUT2D eigenvalue weighted by Gasteiger charge is 2.34. The second-order valence-corrected chi connectivity index (χ2v) is 8.47. The molecule has 1 fully saturated rings. The van der Waals surface area contributed by atoms with Gasteiger partial charge in [0.15, 0.2) is 5.96 Å². The summed E-state index contributed by atoms with van der Waals surface area (Å²) in [6, 6.07) is 7.13. The van der Waals surface area contributed by atoms with Crippen molar-refractivity contribution >= 4 is 47.7 Å². The zero-order valence-corrected chi connectivity index (χ0v) is 22.0. The topological polar surface area (TPSA) is 97.3 Å². The summed E-state index contributed by atoms with van der Waals surface area (Å²) in [4.78, 5) is 46.8. The van der Waals surface area contributed by atoms with E-state index in [-0.39, 0.29) is 47.7 Å². The number of piperazine rings is 1. The van der Waals surface area contributed by atoms with Crippen molar-refractivity contribution < 1.29 is 14.4 Å². The molecule has 2 aliphatic heterocycles. The molecular formula is C23H35IN6O3. The maximum atomic E-state index is 12.4. The van der Waals surface area contributed by atoms with Crippen LogP contribution in [0.15, 0.2) is 29.3 Å². The van der Waals surface area contributed by atoms with Crippen molar-refractivity contribution in [3.05, 3.63) is 35.4 Å². The number of carbonyl (C=O) groups excluding carboxylic acids is 3. The summed E-state index contributed by atoms with van der Waals surface area (Å²) >= 11 is 0. The summed E-state index contributed by atoms with van der Waals surface area (Å²) in [5.74, 6) is 0.509. The normalized spacial score (nSPS) is 16.7. The van der Waals surface area contributed by atoms with Crippen LogP contribution in [-0.2, 0) is 4.79 Å². The average molecular weight is 570 g/mol. The molecule has 10 heteroatoms. The first-order chi connectivity index (χ1) is 15.4. The summed E-state index contributed by atoms with van der Waals surface area (Å²) < 4.78 is 0. The van der Waals surface area contributed by atoms with E-state index in [1.807, 2.05) is 13.8 Å². The highest BCUT2D eigenvalue weighted by atomic mass is 127. The van der Waals surface area contributed by atoms with Crippen molar-refractivity contribution in [1.82, 2.24) is 25.3 Å². The van der Waals surface area contributed by atoms with Crippen molar-refractivity contribution in [3.8, 4) is 0 Å². The van der Waals surface area contributed by atoms with E-state index < -0.39 is 0 Å². The first kappa shape index (κ1) is 27.0.